The molecule has 68 valence electrons. The molecule has 0 aromatic rings. The molecule has 0 radical (unpaired) electrons. The minimum atomic E-state index is -2.77. The van der Waals surface area contributed by atoms with Crippen molar-refractivity contribution in [3.8, 4) is 0 Å². The van der Waals surface area contributed by atoms with Gasteiger partial charge in [-0.3, -0.25) is 4.57 Å². The van der Waals surface area contributed by atoms with Gasteiger partial charge in [0.05, 0.1) is 6.61 Å². The summed E-state index contributed by atoms with van der Waals surface area (Å²) in [6.45, 7) is 3.66. The SMILES string of the molecule is CCCP(=O)(Cl)OCC(C)C. The van der Waals surface area contributed by atoms with E-state index in [0.29, 0.717) is 18.7 Å². The molecule has 0 N–H and O–H groups in total. The van der Waals surface area contributed by atoms with Crippen molar-refractivity contribution in [2.45, 2.75) is 27.2 Å². The molecular formula is C7H16ClO2P. The minimum absolute atomic E-state index is 0.388. The Morgan fingerprint density at radius 3 is 2.45 bits per heavy atom. The number of hydrogen-bond acceptors (Lipinski definition) is 2. The first-order valence-electron chi connectivity index (χ1n) is 3.91. The van der Waals surface area contributed by atoms with Gasteiger partial charge in [0.15, 0.2) is 0 Å². The van der Waals surface area contributed by atoms with Crippen LogP contribution in [0.2, 0.25) is 0 Å². The Bertz CT molecular complexity index is 147. The first kappa shape index (κ1) is 11.5. The van der Waals surface area contributed by atoms with E-state index in [9.17, 15) is 4.57 Å². The third kappa shape index (κ3) is 6.86. The number of halogens is 1. The summed E-state index contributed by atoms with van der Waals surface area (Å²) >= 11 is 5.61. The first-order chi connectivity index (χ1) is 4.98. The van der Waals surface area contributed by atoms with Crippen LogP contribution in [0, 0.1) is 5.92 Å². The third-order valence-electron chi connectivity index (χ3n) is 1.09. The van der Waals surface area contributed by atoms with Crippen molar-refractivity contribution in [2.24, 2.45) is 5.92 Å². The smallest absolute Gasteiger partial charge is 0.290 e. The Balaban J connectivity index is 3.64. The summed E-state index contributed by atoms with van der Waals surface area (Å²) in [6, 6.07) is 0. The average Bonchev–Trinajstić information content (AvgIpc) is 1.84. The van der Waals surface area contributed by atoms with E-state index in [4.69, 9.17) is 15.8 Å². The van der Waals surface area contributed by atoms with E-state index < -0.39 is 6.72 Å². The molecule has 0 bridgehead atoms. The summed E-state index contributed by atoms with van der Waals surface area (Å²) in [4.78, 5) is 0. The Kier molecular flexibility index (Phi) is 5.41. The largest absolute Gasteiger partial charge is 0.317 e. The molecular weight excluding hydrogens is 183 g/mol. The average molecular weight is 199 g/mol. The van der Waals surface area contributed by atoms with Gasteiger partial charge in [0.1, 0.15) is 0 Å². The van der Waals surface area contributed by atoms with E-state index >= 15 is 0 Å². The molecule has 0 rings (SSSR count). The summed E-state index contributed by atoms with van der Waals surface area (Å²) in [6.07, 6.45) is 1.28. The molecule has 1 atom stereocenters. The van der Waals surface area contributed by atoms with Crippen LogP contribution in [0.25, 0.3) is 0 Å². The molecule has 0 saturated heterocycles. The molecule has 0 aromatic carbocycles. The molecule has 4 heteroatoms. The van der Waals surface area contributed by atoms with Crippen molar-refractivity contribution in [3.05, 3.63) is 0 Å². The van der Waals surface area contributed by atoms with Gasteiger partial charge < -0.3 is 4.52 Å². The van der Waals surface area contributed by atoms with Gasteiger partial charge >= 0.3 is 0 Å². The molecule has 0 spiro atoms. The Labute approximate surface area is 73.5 Å². The zero-order chi connectivity index (χ0) is 8.91. The Hall–Kier alpha value is 0.480. The zero-order valence-electron chi connectivity index (χ0n) is 7.34. The molecule has 0 saturated carbocycles. The lowest BCUT2D eigenvalue weighted by atomic mass is 10.2. The number of hydrogen-bond donors (Lipinski definition) is 0. The maximum Gasteiger partial charge on any atom is 0.290 e. The zero-order valence-corrected chi connectivity index (χ0v) is 8.99. The molecule has 11 heavy (non-hydrogen) atoms. The van der Waals surface area contributed by atoms with E-state index in [1.54, 1.807) is 0 Å². The lowest BCUT2D eigenvalue weighted by molar-refractivity contribution is 0.278. The standard InChI is InChI=1S/C7H16ClO2P/c1-4-5-11(8,9)10-6-7(2)3/h7H,4-6H2,1-3H3. The van der Waals surface area contributed by atoms with E-state index in [1.807, 2.05) is 20.8 Å². The lowest BCUT2D eigenvalue weighted by Crippen LogP contribution is -1.99. The molecule has 0 heterocycles. The second kappa shape index (κ2) is 5.18. The van der Waals surface area contributed by atoms with Crippen molar-refractivity contribution in [2.75, 3.05) is 12.8 Å². The maximum absolute atomic E-state index is 11.3. The first-order valence-corrected chi connectivity index (χ1v) is 6.62. The van der Waals surface area contributed by atoms with Crippen LogP contribution in [0.3, 0.4) is 0 Å². The second-order valence-corrected chi connectivity index (χ2v) is 6.43. The molecule has 2 nitrogen and oxygen atoms in total. The van der Waals surface area contributed by atoms with Gasteiger partial charge in [-0.15, -0.1) is 0 Å². The van der Waals surface area contributed by atoms with Crippen molar-refractivity contribution in [3.63, 3.8) is 0 Å². The summed E-state index contributed by atoms with van der Waals surface area (Å²) in [5.41, 5.74) is 0. The second-order valence-electron chi connectivity index (χ2n) is 3.00. The Morgan fingerprint density at radius 1 is 1.55 bits per heavy atom. The highest BCUT2D eigenvalue weighted by Gasteiger charge is 2.17. The van der Waals surface area contributed by atoms with Gasteiger partial charge in [0.25, 0.3) is 6.72 Å². The van der Waals surface area contributed by atoms with E-state index in [1.165, 1.54) is 0 Å². The van der Waals surface area contributed by atoms with Crippen molar-refractivity contribution < 1.29 is 9.09 Å². The maximum atomic E-state index is 11.3. The predicted molar refractivity (Wildman–Crippen MR) is 49.4 cm³/mol. The summed E-state index contributed by atoms with van der Waals surface area (Å²) in [5, 5.41) is 0. The van der Waals surface area contributed by atoms with E-state index in [0.717, 1.165) is 6.42 Å². The fraction of sp³-hybridized carbons (Fsp3) is 1.00. The van der Waals surface area contributed by atoms with Crippen LogP contribution >= 0.6 is 18.0 Å². The van der Waals surface area contributed by atoms with Gasteiger partial charge in [0, 0.05) is 6.16 Å². The van der Waals surface area contributed by atoms with Crippen LogP contribution in [-0.4, -0.2) is 12.8 Å². The highest BCUT2D eigenvalue weighted by molar-refractivity contribution is 7.85. The predicted octanol–water partition coefficient (Wildman–Crippen LogP) is 3.50. The van der Waals surface area contributed by atoms with Crippen LogP contribution in [-0.2, 0) is 9.09 Å². The minimum Gasteiger partial charge on any atom is -0.317 e. The topological polar surface area (TPSA) is 26.3 Å². The molecule has 0 amide bonds. The van der Waals surface area contributed by atoms with Gasteiger partial charge in [-0.2, -0.15) is 0 Å². The van der Waals surface area contributed by atoms with Gasteiger partial charge in [0.2, 0.25) is 0 Å². The van der Waals surface area contributed by atoms with Crippen molar-refractivity contribution >= 4 is 18.0 Å². The quantitative estimate of drug-likeness (QED) is 0.632. The van der Waals surface area contributed by atoms with Crippen LogP contribution in [0.4, 0.5) is 0 Å². The fourth-order valence-electron chi connectivity index (χ4n) is 0.592. The van der Waals surface area contributed by atoms with Crippen LogP contribution in [0.1, 0.15) is 27.2 Å². The molecule has 0 fully saturated rings. The van der Waals surface area contributed by atoms with E-state index in [2.05, 4.69) is 0 Å². The number of rotatable bonds is 5. The van der Waals surface area contributed by atoms with E-state index in [-0.39, 0.29) is 0 Å². The summed E-state index contributed by atoms with van der Waals surface area (Å²) in [7, 11) is 0. The van der Waals surface area contributed by atoms with Crippen LogP contribution in [0.5, 0.6) is 0 Å². The van der Waals surface area contributed by atoms with Crippen LogP contribution < -0.4 is 0 Å². The van der Waals surface area contributed by atoms with Crippen LogP contribution in [0.15, 0.2) is 0 Å². The fourth-order valence-corrected chi connectivity index (χ4v) is 2.45. The highest BCUT2D eigenvalue weighted by atomic mass is 35.7. The third-order valence-corrected chi connectivity index (χ3v) is 3.41. The van der Waals surface area contributed by atoms with Crippen molar-refractivity contribution in [1.29, 1.82) is 0 Å². The Morgan fingerprint density at radius 2 is 2.09 bits per heavy atom. The van der Waals surface area contributed by atoms with Crippen molar-refractivity contribution in [1.82, 2.24) is 0 Å². The summed E-state index contributed by atoms with van der Waals surface area (Å²) < 4.78 is 16.3. The monoisotopic (exact) mass is 198 g/mol. The molecule has 0 aliphatic heterocycles. The van der Waals surface area contributed by atoms with Gasteiger partial charge in [-0.25, -0.2) is 0 Å². The molecule has 0 aliphatic carbocycles. The highest BCUT2D eigenvalue weighted by Crippen LogP contribution is 2.52. The molecule has 0 aliphatic rings. The molecule has 1 unspecified atom stereocenters. The molecule has 0 aromatic heterocycles. The lowest BCUT2D eigenvalue weighted by Gasteiger charge is -2.11. The van der Waals surface area contributed by atoms with Gasteiger partial charge in [-0.1, -0.05) is 20.8 Å². The van der Waals surface area contributed by atoms with Gasteiger partial charge in [-0.05, 0) is 23.6 Å². The normalized spacial score (nSPS) is 16.8. The summed E-state index contributed by atoms with van der Waals surface area (Å²) in [5.74, 6) is 0.388.